The number of benzene rings is 1. The van der Waals surface area contributed by atoms with Gasteiger partial charge in [0, 0.05) is 31.7 Å². The number of aryl methyl sites for hydroxylation is 1. The minimum absolute atomic E-state index is 0.176. The van der Waals surface area contributed by atoms with E-state index in [0.717, 1.165) is 44.3 Å². The maximum absolute atomic E-state index is 14.7. The number of nitrogens with one attached hydrogen (secondary N) is 1. The van der Waals surface area contributed by atoms with Crippen molar-refractivity contribution < 1.29 is 9.18 Å². The topological polar surface area (TPSA) is 72.2 Å². The highest BCUT2D eigenvalue weighted by atomic mass is 19.1. The molecule has 1 fully saturated rings. The van der Waals surface area contributed by atoms with E-state index in [1.54, 1.807) is 16.7 Å². The lowest BCUT2D eigenvalue weighted by molar-refractivity contribution is -0.117. The summed E-state index contributed by atoms with van der Waals surface area (Å²) in [5.41, 5.74) is 0.679. The van der Waals surface area contributed by atoms with Crippen LogP contribution in [-0.2, 0) is 24.3 Å². The first-order valence-electron chi connectivity index (χ1n) is 11.0. The molecule has 1 aromatic carbocycles. The summed E-state index contributed by atoms with van der Waals surface area (Å²) in [5.74, 6) is -0.00339. The normalized spacial score (nSPS) is 17.3. The Bertz CT molecular complexity index is 961. The minimum atomic E-state index is -0.391. The van der Waals surface area contributed by atoms with Crippen molar-refractivity contribution in [2.24, 2.45) is 0 Å². The average molecular weight is 416 g/mol. The zero-order chi connectivity index (χ0) is 21.1. The molecule has 1 amide bonds. The standard InChI is InChI=1S/C22H30FN5O2/c1-26(17-8-4-2-5-9-17)19-12-11-16(14-18(19)23)24-21(29)15-28-22(30)27-13-7-3-6-10-20(27)25-28/h11-12,14,17H,2-10,13,15H2,1H3,(H,24,29). The molecule has 1 N–H and O–H groups in total. The number of hydrogen-bond donors (Lipinski definition) is 1. The Morgan fingerprint density at radius 3 is 2.73 bits per heavy atom. The molecule has 1 aromatic heterocycles. The molecule has 2 aromatic rings. The summed E-state index contributed by atoms with van der Waals surface area (Å²) in [6.45, 7) is 0.473. The molecular weight excluding hydrogens is 385 g/mol. The lowest BCUT2D eigenvalue weighted by atomic mass is 9.94. The number of fused-ring (bicyclic) bond motifs is 1. The molecule has 30 heavy (non-hydrogen) atoms. The van der Waals surface area contributed by atoms with Gasteiger partial charge in [-0.15, -0.1) is 0 Å². The van der Waals surface area contributed by atoms with Gasteiger partial charge in [-0.25, -0.2) is 13.9 Å². The second-order valence-corrected chi connectivity index (χ2v) is 8.44. The highest BCUT2D eigenvalue weighted by Crippen LogP contribution is 2.29. The molecule has 4 rings (SSSR count). The van der Waals surface area contributed by atoms with Crippen LogP contribution in [0.3, 0.4) is 0 Å². The van der Waals surface area contributed by atoms with Crippen LogP contribution in [0.15, 0.2) is 23.0 Å². The van der Waals surface area contributed by atoms with E-state index < -0.39 is 5.91 Å². The lowest BCUT2D eigenvalue weighted by Crippen LogP contribution is -2.34. The summed E-state index contributed by atoms with van der Waals surface area (Å²) < 4.78 is 17.6. The van der Waals surface area contributed by atoms with Gasteiger partial charge in [0.1, 0.15) is 18.2 Å². The SMILES string of the molecule is CN(c1ccc(NC(=O)Cn2nc3n(c2=O)CCCCC3)cc1F)C1CCCCC1. The summed E-state index contributed by atoms with van der Waals surface area (Å²) in [7, 11) is 1.93. The Hall–Kier alpha value is -2.64. The number of rotatable bonds is 5. The molecule has 8 heteroatoms. The highest BCUT2D eigenvalue weighted by molar-refractivity contribution is 5.90. The molecule has 0 unspecified atom stereocenters. The Labute approximate surface area is 175 Å². The Kier molecular flexibility index (Phi) is 6.20. The van der Waals surface area contributed by atoms with Crippen LogP contribution >= 0.6 is 0 Å². The molecule has 1 aliphatic heterocycles. The van der Waals surface area contributed by atoms with Gasteiger partial charge < -0.3 is 10.2 Å². The lowest BCUT2D eigenvalue weighted by Gasteiger charge is -2.33. The minimum Gasteiger partial charge on any atom is -0.369 e. The molecule has 2 heterocycles. The average Bonchev–Trinajstić information content (AvgIpc) is 2.90. The van der Waals surface area contributed by atoms with E-state index in [9.17, 15) is 14.0 Å². The van der Waals surface area contributed by atoms with Crippen molar-refractivity contribution in [2.75, 3.05) is 17.3 Å². The molecule has 162 valence electrons. The van der Waals surface area contributed by atoms with Gasteiger partial charge in [-0.3, -0.25) is 9.36 Å². The van der Waals surface area contributed by atoms with Crippen LogP contribution in [-0.4, -0.2) is 33.3 Å². The van der Waals surface area contributed by atoms with Crippen LogP contribution in [0.4, 0.5) is 15.8 Å². The van der Waals surface area contributed by atoms with Crippen LogP contribution < -0.4 is 15.9 Å². The van der Waals surface area contributed by atoms with Gasteiger partial charge in [-0.2, -0.15) is 5.10 Å². The predicted molar refractivity (Wildman–Crippen MR) is 114 cm³/mol. The largest absolute Gasteiger partial charge is 0.369 e. The molecule has 0 atom stereocenters. The summed E-state index contributed by atoms with van der Waals surface area (Å²) in [4.78, 5) is 26.9. The molecular formula is C22H30FN5O2. The van der Waals surface area contributed by atoms with Crippen molar-refractivity contribution in [3.63, 3.8) is 0 Å². The molecule has 0 bridgehead atoms. The molecule has 7 nitrogen and oxygen atoms in total. The fourth-order valence-electron chi connectivity index (χ4n) is 4.60. The highest BCUT2D eigenvalue weighted by Gasteiger charge is 2.21. The first-order valence-corrected chi connectivity index (χ1v) is 11.0. The van der Waals surface area contributed by atoms with Crippen molar-refractivity contribution >= 4 is 17.3 Å². The summed E-state index contributed by atoms with van der Waals surface area (Å²) in [6, 6.07) is 5.12. The maximum Gasteiger partial charge on any atom is 0.346 e. The van der Waals surface area contributed by atoms with Gasteiger partial charge in [0.15, 0.2) is 0 Å². The number of carbonyl (C=O) groups excluding carboxylic acids is 1. The van der Waals surface area contributed by atoms with Crippen LogP contribution in [0, 0.1) is 5.82 Å². The first kappa shape index (κ1) is 20.6. The third-order valence-corrected chi connectivity index (χ3v) is 6.31. The van der Waals surface area contributed by atoms with E-state index >= 15 is 0 Å². The van der Waals surface area contributed by atoms with E-state index in [1.165, 1.54) is 30.0 Å². The summed E-state index contributed by atoms with van der Waals surface area (Å²) in [5, 5.41) is 7.01. The van der Waals surface area contributed by atoms with E-state index in [2.05, 4.69) is 10.4 Å². The first-order chi connectivity index (χ1) is 14.5. The Morgan fingerprint density at radius 1 is 1.20 bits per heavy atom. The second kappa shape index (κ2) is 9.02. The number of anilines is 2. The van der Waals surface area contributed by atoms with Gasteiger partial charge in [-0.1, -0.05) is 25.7 Å². The van der Waals surface area contributed by atoms with Crippen molar-refractivity contribution in [1.82, 2.24) is 14.3 Å². The van der Waals surface area contributed by atoms with Crippen molar-refractivity contribution in [3.8, 4) is 0 Å². The molecule has 1 aliphatic carbocycles. The third-order valence-electron chi connectivity index (χ3n) is 6.31. The van der Waals surface area contributed by atoms with Crippen LogP contribution in [0.2, 0.25) is 0 Å². The number of hydrogen-bond acceptors (Lipinski definition) is 4. The quantitative estimate of drug-likeness (QED) is 0.813. The third kappa shape index (κ3) is 4.42. The van der Waals surface area contributed by atoms with E-state index in [1.807, 2.05) is 11.9 Å². The monoisotopic (exact) mass is 415 g/mol. The molecule has 2 aliphatic rings. The predicted octanol–water partition coefficient (Wildman–Crippen LogP) is 3.32. The zero-order valence-corrected chi connectivity index (χ0v) is 17.6. The van der Waals surface area contributed by atoms with Gasteiger partial charge in [-0.05, 0) is 43.9 Å². The Balaban J connectivity index is 1.41. The van der Waals surface area contributed by atoms with Crippen LogP contribution in [0.25, 0.3) is 0 Å². The smallest absolute Gasteiger partial charge is 0.346 e. The maximum atomic E-state index is 14.7. The van der Waals surface area contributed by atoms with Crippen molar-refractivity contribution in [1.29, 1.82) is 0 Å². The van der Waals surface area contributed by atoms with Gasteiger partial charge in [0.05, 0.1) is 5.69 Å². The van der Waals surface area contributed by atoms with E-state index in [0.29, 0.717) is 24.0 Å². The van der Waals surface area contributed by atoms with Gasteiger partial charge in [0.25, 0.3) is 0 Å². The number of amides is 1. The number of carbonyl (C=O) groups is 1. The van der Waals surface area contributed by atoms with Crippen molar-refractivity contribution in [3.05, 3.63) is 40.3 Å². The van der Waals surface area contributed by atoms with Crippen molar-refractivity contribution in [2.45, 2.75) is 76.9 Å². The molecule has 1 saturated carbocycles. The summed E-state index contributed by atoms with van der Waals surface area (Å²) >= 11 is 0. The Morgan fingerprint density at radius 2 is 1.97 bits per heavy atom. The fourth-order valence-corrected chi connectivity index (χ4v) is 4.60. The van der Waals surface area contributed by atoms with E-state index in [-0.39, 0.29) is 18.1 Å². The van der Waals surface area contributed by atoms with Gasteiger partial charge in [0.2, 0.25) is 5.91 Å². The van der Waals surface area contributed by atoms with Crippen LogP contribution in [0.5, 0.6) is 0 Å². The van der Waals surface area contributed by atoms with Gasteiger partial charge >= 0.3 is 5.69 Å². The number of aromatic nitrogens is 3. The second-order valence-electron chi connectivity index (χ2n) is 8.44. The fraction of sp³-hybridized carbons (Fsp3) is 0.591. The molecule has 0 spiro atoms. The van der Waals surface area contributed by atoms with E-state index in [4.69, 9.17) is 0 Å². The summed E-state index contributed by atoms with van der Waals surface area (Å²) in [6.07, 6.45) is 9.57. The zero-order valence-electron chi connectivity index (χ0n) is 17.6. The molecule has 0 saturated heterocycles. The number of halogens is 1. The van der Waals surface area contributed by atoms with Crippen LogP contribution in [0.1, 0.15) is 57.2 Å². The number of nitrogens with zero attached hydrogens (tertiary/aromatic N) is 4. The molecule has 0 radical (unpaired) electrons.